The lowest BCUT2D eigenvalue weighted by atomic mass is 10.2. The number of para-hydroxylation sites is 2. The Morgan fingerprint density at radius 1 is 0.758 bits per heavy atom. The highest BCUT2D eigenvalue weighted by atomic mass is 32.2. The van der Waals surface area contributed by atoms with Gasteiger partial charge in [0, 0.05) is 5.69 Å². The van der Waals surface area contributed by atoms with Gasteiger partial charge in [0.25, 0.3) is 10.0 Å². The van der Waals surface area contributed by atoms with Gasteiger partial charge < -0.3 is 5.32 Å². The highest BCUT2D eigenvalue weighted by molar-refractivity contribution is 7.92. The predicted molar refractivity (Wildman–Crippen MR) is 134 cm³/mol. The first kappa shape index (κ1) is 22.6. The molecule has 0 bridgehead atoms. The molecule has 0 fully saturated rings. The summed E-state index contributed by atoms with van der Waals surface area (Å²) in [4.78, 5) is 9.25. The molecule has 2 N–H and O–H groups in total. The summed E-state index contributed by atoms with van der Waals surface area (Å²) in [6.45, 7) is 5.90. The predicted octanol–water partition coefficient (Wildman–Crippen LogP) is 5.51. The van der Waals surface area contributed by atoms with E-state index in [9.17, 15) is 8.42 Å². The van der Waals surface area contributed by atoms with Crippen LogP contribution in [0.4, 0.5) is 17.3 Å². The minimum absolute atomic E-state index is 0.107. The summed E-state index contributed by atoms with van der Waals surface area (Å²) in [5, 5.41) is 3.17. The first-order chi connectivity index (χ1) is 16.0. The average molecular weight is 479 g/mol. The van der Waals surface area contributed by atoms with Gasteiger partial charge in [0.15, 0.2) is 11.6 Å². The molecule has 8 nitrogen and oxygen atoms in total. The molecule has 0 radical (unpaired) electrons. The van der Waals surface area contributed by atoms with Crippen LogP contribution >= 0.6 is 11.7 Å². The van der Waals surface area contributed by atoms with E-state index < -0.39 is 10.0 Å². The number of fused-ring (bicyclic) bond motifs is 2. The van der Waals surface area contributed by atoms with Gasteiger partial charge in [-0.3, -0.25) is 4.72 Å². The van der Waals surface area contributed by atoms with E-state index in [0.717, 1.165) is 28.3 Å². The highest BCUT2D eigenvalue weighted by Gasteiger charge is 2.19. The minimum atomic E-state index is -3.85. The van der Waals surface area contributed by atoms with Gasteiger partial charge in [-0.15, -0.1) is 0 Å². The van der Waals surface area contributed by atoms with Crippen LogP contribution in [0.5, 0.6) is 0 Å². The monoisotopic (exact) mass is 478 g/mol. The molecule has 5 aromatic rings. The van der Waals surface area contributed by atoms with Gasteiger partial charge >= 0.3 is 0 Å². The van der Waals surface area contributed by atoms with Crippen molar-refractivity contribution in [3.8, 4) is 0 Å². The fourth-order valence-corrected chi connectivity index (χ4v) is 4.59. The molecule has 3 aromatic carbocycles. The third kappa shape index (κ3) is 4.91. The van der Waals surface area contributed by atoms with Crippen molar-refractivity contribution < 1.29 is 8.42 Å². The van der Waals surface area contributed by atoms with Crippen molar-refractivity contribution in [3.05, 3.63) is 72.3 Å². The molecule has 168 valence electrons. The van der Waals surface area contributed by atoms with Crippen molar-refractivity contribution in [1.82, 2.24) is 18.7 Å². The molecule has 0 amide bonds. The van der Waals surface area contributed by atoms with E-state index >= 15 is 0 Å². The number of sulfonamides is 1. The van der Waals surface area contributed by atoms with Gasteiger partial charge in [0.1, 0.15) is 11.0 Å². The second kappa shape index (κ2) is 9.47. The lowest BCUT2D eigenvalue weighted by Gasteiger charge is -2.14. The first-order valence-electron chi connectivity index (χ1n) is 10.3. The Bertz CT molecular complexity index is 1520. The number of benzene rings is 3. The first-order valence-corrected chi connectivity index (χ1v) is 12.5. The second-order valence-corrected chi connectivity index (χ2v) is 9.13. The molecule has 0 unspecified atom stereocenters. The number of aromatic nitrogens is 4. The van der Waals surface area contributed by atoms with E-state index in [1.165, 1.54) is 0 Å². The quantitative estimate of drug-likeness (QED) is 0.342. The van der Waals surface area contributed by atoms with Crippen molar-refractivity contribution in [3.63, 3.8) is 0 Å². The molecule has 5 rings (SSSR count). The van der Waals surface area contributed by atoms with Gasteiger partial charge in [0.2, 0.25) is 0 Å². The molecular weight excluding hydrogens is 456 g/mol. The standard InChI is InChI=1S/C21H16N6O2S2.C2H6/c1-13-6-9-15(10-7-13)31(28,29)27-21-20(23-16-4-2-3-5-17(16)24-21)22-14-8-11-18-19(12-14)26-30-25-18;1-2/h2-12H,1H3,(H,22,23)(H,24,27);1-2H3. The fraction of sp³-hybridized carbons (Fsp3) is 0.130. The maximum Gasteiger partial charge on any atom is 0.263 e. The van der Waals surface area contributed by atoms with Crippen LogP contribution in [0.2, 0.25) is 0 Å². The van der Waals surface area contributed by atoms with E-state index in [1.807, 2.05) is 57.2 Å². The van der Waals surface area contributed by atoms with Gasteiger partial charge in [0.05, 0.1) is 27.7 Å². The fourth-order valence-electron chi connectivity index (χ4n) is 3.06. The number of rotatable bonds is 5. The zero-order chi connectivity index (χ0) is 23.4. The third-order valence-electron chi connectivity index (χ3n) is 4.65. The maximum absolute atomic E-state index is 13.0. The van der Waals surface area contributed by atoms with Crippen molar-refractivity contribution in [2.24, 2.45) is 0 Å². The van der Waals surface area contributed by atoms with Gasteiger partial charge in [-0.2, -0.15) is 8.75 Å². The van der Waals surface area contributed by atoms with Crippen molar-refractivity contribution in [2.75, 3.05) is 10.0 Å². The molecule has 33 heavy (non-hydrogen) atoms. The van der Waals surface area contributed by atoms with E-state index in [1.54, 1.807) is 30.3 Å². The number of hydrogen-bond acceptors (Lipinski definition) is 8. The van der Waals surface area contributed by atoms with Crippen molar-refractivity contribution in [2.45, 2.75) is 25.7 Å². The summed E-state index contributed by atoms with van der Waals surface area (Å²) in [5.41, 5.74) is 4.42. The Morgan fingerprint density at radius 2 is 1.39 bits per heavy atom. The number of aryl methyl sites for hydroxylation is 1. The molecule has 0 aliphatic carbocycles. The topological polar surface area (TPSA) is 110 Å². The van der Waals surface area contributed by atoms with Crippen LogP contribution in [0.1, 0.15) is 19.4 Å². The SMILES string of the molecule is CC.Cc1ccc(S(=O)(=O)Nc2nc3ccccc3nc2Nc2ccc3nsnc3c2)cc1. The average Bonchev–Trinajstić information content (AvgIpc) is 3.29. The molecular formula is C23H22N6O2S2. The number of anilines is 3. The van der Waals surface area contributed by atoms with E-state index in [-0.39, 0.29) is 16.5 Å². The maximum atomic E-state index is 13.0. The summed E-state index contributed by atoms with van der Waals surface area (Å²) >= 11 is 1.13. The third-order valence-corrected chi connectivity index (χ3v) is 6.56. The van der Waals surface area contributed by atoms with Crippen LogP contribution < -0.4 is 10.0 Å². The number of hydrogen-bond donors (Lipinski definition) is 2. The van der Waals surface area contributed by atoms with Crippen LogP contribution in [0, 0.1) is 6.92 Å². The van der Waals surface area contributed by atoms with Crippen LogP contribution in [-0.2, 0) is 10.0 Å². The number of nitrogens with one attached hydrogen (secondary N) is 2. The zero-order valence-corrected chi connectivity index (χ0v) is 19.9. The van der Waals surface area contributed by atoms with Crippen LogP contribution in [0.3, 0.4) is 0 Å². The smallest absolute Gasteiger partial charge is 0.263 e. The van der Waals surface area contributed by atoms with Gasteiger partial charge in [-0.25, -0.2) is 18.4 Å². The Morgan fingerprint density at radius 3 is 2.09 bits per heavy atom. The Labute approximate surface area is 196 Å². The molecule has 0 saturated heterocycles. The van der Waals surface area contributed by atoms with E-state index in [2.05, 4.69) is 28.8 Å². The molecule has 0 atom stereocenters. The van der Waals surface area contributed by atoms with Gasteiger partial charge in [-0.1, -0.05) is 43.7 Å². The van der Waals surface area contributed by atoms with Crippen LogP contribution in [0.15, 0.2) is 71.6 Å². The lowest BCUT2D eigenvalue weighted by molar-refractivity contribution is 0.601. The van der Waals surface area contributed by atoms with Crippen molar-refractivity contribution >= 4 is 61.1 Å². The number of nitrogens with zero attached hydrogens (tertiary/aromatic N) is 4. The van der Waals surface area contributed by atoms with Crippen LogP contribution in [0.25, 0.3) is 22.1 Å². The molecule has 0 aliphatic rings. The molecule has 2 aromatic heterocycles. The molecule has 2 heterocycles. The minimum Gasteiger partial charge on any atom is -0.337 e. The Balaban J connectivity index is 0.00000126. The largest absolute Gasteiger partial charge is 0.337 e. The second-order valence-electron chi connectivity index (χ2n) is 6.92. The highest BCUT2D eigenvalue weighted by Crippen LogP contribution is 2.28. The summed E-state index contributed by atoms with van der Waals surface area (Å²) in [5.74, 6) is 0.396. The Hall–Kier alpha value is -3.63. The van der Waals surface area contributed by atoms with E-state index in [4.69, 9.17) is 0 Å². The molecule has 0 saturated carbocycles. The van der Waals surface area contributed by atoms with E-state index in [0.29, 0.717) is 16.7 Å². The summed E-state index contributed by atoms with van der Waals surface area (Å²) < 4.78 is 37.0. The zero-order valence-electron chi connectivity index (χ0n) is 18.3. The Kier molecular flexibility index (Phi) is 6.47. The molecule has 10 heteroatoms. The molecule has 0 aliphatic heterocycles. The van der Waals surface area contributed by atoms with Crippen molar-refractivity contribution in [1.29, 1.82) is 0 Å². The summed E-state index contributed by atoms with van der Waals surface area (Å²) in [7, 11) is -3.85. The summed E-state index contributed by atoms with van der Waals surface area (Å²) in [6, 6.07) is 19.4. The lowest BCUT2D eigenvalue weighted by Crippen LogP contribution is -2.16. The molecule has 0 spiro atoms. The normalized spacial score (nSPS) is 11.1. The summed E-state index contributed by atoms with van der Waals surface area (Å²) in [6.07, 6.45) is 0. The van der Waals surface area contributed by atoms with Crippen LogP contribution in [-0.4, -0.2) is 27.1 Å². The van der Waals surface area contributed by atoms with Gasteiger partial charge in [-0.05, 0) is 49.4 Å².